The number of hydrogen-bond acceptors (Lipinski definition) is 4. The van der Waals surface area contributed by atoms with Gasteiger partial charge < -0.3 is 20.0 Å². The van der Waals surface area contributed by atoms with E-state index in [4.69, 9.17) is 14.9 Å². The summed E-state index contributed by atoms with van der Waals surface area (Å²) in [5.74, 6) is -1.14. The Morgan fingerprint density at radius 2 is 1.91 bits per heavy atom. The van der Waals surface area contributed by atoms with Crippen molar-refractivity contribution in [3.8, 4) is 0 Å². The minimum Gasteiger partial charge on any atom is -0.481 e. The molecule has 1 saturated heterocycles. The van der Waals surface area contributed by atoms with Crippen LogP contribution in [0.3, 0.4) is 0 Å². The second-order valence-electron chi connectivity index (χ2n) is 5.57. The van der Waals surface area contributed by atoms with E-state index in [2.05, 4.69) is 0 Å². The van der Waals surface area contributed by atoms with Crippen LogP contribution in [-0.2, 0) is 27.1 Å². The smallest absolute Gasteiger partial charge is 0.306 e. The molecule has 5 heteroatoms. The lowest BCUT2D eigenvalue weighted by Crippen LogP contribution is -2.16. The van der Waals surface area contributed by atoms with E-state index in [9.17, 15) is 9.90 Å². The van der Waals surface area contributed by atoms with Crippen molar-refractivity contribution >= 4 is 12.2 Å². The highest BCUT2D eigenvalue weighted by Gasteiger charge is 2.18. The molecule has 22 heavy (non-hydrogen) atoms. The van der Waals surface area contributed by atoms with Crippen molar-refractivity contribution in [2.24, 2.45) is 5.92 Å². The van der Waals surface area contributed by atoms with E-state index >= 15 is 0 Å². The molecule has 2 rings (SSSR count). The monoisotopic (exact) mass is 305 g/mol. The van der Waals surface area contributed by atoms with Gasteiger partial charge in [-0.1, -0.05) is 24.3 Å². The normalized spacial score (nSPS) is 16.5. The highest BCUT2D eigenvalue weighted by Crippen LogP contribution is 2.18. The van der Waals surface area contributed by atoms with Crippen LogP contribution in [-0.4, -0.2) is 36.8 Å². The number of aliphatic carboxylic acids is 1. The van der Waals surface area contributed by atoms with Crippen molar-refractivity contribution in [1.29, 1.82) is 5.41 Å². The van der Waals surface area contributed by atoms with E-state index in [1.165, 1.54) is 6.21 Å². The summed E-state index contributed by atoms with van der Waals surface area (Å²) >= 11 is 0. The minimum atomic E-state index is -0.762. The number of rotatable bonds is 9. The van der Waals surface area contributed by atoms with Crippen LogP contribution in [0, 0.1) is 11.3 Å². The number of carboxylic acid groups (broad SMARTS) is 1. The van der Waals surface area contributed by atoms with Gasteiger partial charge in [0.05, 0.1) is 19.1 Å². The molecule has 5 nitrogen and oxygen atoms in total. The summed E-state index contributed by atoms with van der Waals surface area (Å²) in [7, 11) is 0. The zero-order valence-corrected chi connectivity index (χ0v) is 12.7. The van der Waals surface area contributed by atoms with Gasteiger partial charge in [-0.2, -0.15) is 0 Å². The molecule has 1 atom stereocenters. The van der Waals surface area contributed by atoms with Gasteiger partial charge in [-0.15, -0.1) is 0 Å². The molecule has 0 bridgehead atoms. The minimum absolute atomic E-state index is 0.154. The molecule has 0 amide bonds. The maximum absolute atomic E-state index is 11.3. The second kappa shape index (κ2) is 8.66. The first-order valence-corrected chi connectivity index (χ1v) is 7.72. The predicted octanol–water partition coefficient (Wildman–Crippen LogP) is 2.67. The molecule has 0 radical (unpaired) electrons. The lowest BCUT2D eigenvalue weighted by molar-refractivity contribution is -0.141. The highest BCUT2D eigenvalue weighted by atomic mass is 16.7. The molecule has 1 unspecified atom stereocenters. The van der Waals surface area contributed by atoms with Crippen LogP contribution in [0.5, 0.6) is 0 Å². The first kappa shape index (κ1) is 16.6. The maximum atomic E-state index is 11.3. The number of nitrogens with one attached hydrogen (secondary N) is 1. The molecule has 1 fully saturated rings. The third kappa shape index (κ3) is 5.24. The van der Waals surface area contributed by atoms with Crippen LogP contribution in [0.2, 0.25) is 0 Å². The Balaban J connectivity index is 1.87. The van der Waals surface area contributed by atoms with Crippen LogP contribution >= 0.6 is 0 Å². The topological polar surface area (TPSA) is 79.6 Å². The van der Waals surface area contributed by atoms with E-state index in [0.717, 1.165) is 24.0 Å². The van der Waals surface area contributed by atoms with Crippen LogP contribution in [0.1, 0.15) is 30.4 Å². The van der Waals surface area contributed by atoms with Gasteiger partial charge in [-0.25, -0.2) is 0 Å². The molecule has 1 heterocycles. The van der Waals surface area contributed by atoms with Gasteiger partial charge in [0.1, 0.15) is 0 Å². The summed E-state index contributed by atoms with van der Waals surface area (Å²) < 4.78 is 10.8. The van der Waals surface area contributed by atoms with E-state index < -0.39 is 5.97 Å². The molecule has 1 aromatic carbocycles. The fourth-order valence-electron chi connectivity index (χ4n) is 2.59. The summed E-state index contributed by atoms with van der Waals surface area (Å²) in [5.41, 5.74) is 2.16. The summed E-state index contributed by atoms with van der Waals surface area (Å²) in [4.78, 5) is 11.3. The second-order valence-corrected chi connectivity index (χ2v) is 5.57. The fourth-order valence-corrected chi connectivity index (χ4v) is 2.59. The molecule has 0 aliphatic carbocycles. The van der Waals surface area contributed by atoms with Crippen LogP contribution in [0.4, 0.5) is 0 Å². The average Bonchev–Trinajstić information content (AvgIpc) is 3.01. The number of carboxylic acids is 1. The average molecular weight is 305 g/mol. The molecular formula is C17H23NO4. The number of unbranched alkanes of at least 4 members (excludes halogenated alkanes) is 1. The third-order valence-electron chi connectivity index (χ3n) is 3.85. The van der Waals surface area contributed by atoms with Gasteiger partial charge in [0.2, 0.25) is 0 Å². The highest BCUT2D eigenvalue weighted by molar-refractivity contribution is 5.70. The lowest BCUT2D eigenvalue weighted by atomic mass is 9.93. The first-order valence-electron chi connectivity index (χ1n) is 7.72. The van der Waals surface area contributed by atoms with E-state index in [1.54, 1.807) is 0 Å². The van der Waals surface area contributed by atoms with Crippen molar-refractivity contribution in [3.05, 3.63) is 35.4 Å². The van der Waals surface area contributed by atoms with Crippen molar-refractivity contribution in [3.63, 3.8) is 0 Å². The van der Waals surface area contributed by atoms with E-state index in [1.807, 2.05) is 24.3 Å². The van der Waals surface area contributed by atoms with Crippen molar-refractivity contribution < 1.29 is 19.4 Å². The van der Waals surface area contributed by atoms with Crippen molar-refractivity contribution in [1.82, 2.24) is 0 Å². The fraction of sp³-hybridized carbons (Fsp3) is 0.529. The Kier molecular flexibility index (Phi) is 6.55. The predicted molar refractivity (Wildman–Crippen MR) is 83.3 cm³/mol. The van der Waals surface area contributed by atoms with Crippen LogP contribution in [0.25, 0.3) is 0 Å². The van der Waals surface area contributed by atoms with Crippen molar-refractivity contribution in [2.75, 3.05) is 13.2 Å². The molecular weight excluding hydrogens is 282 g/mol. The quantitative estimate of drug-likeness (QED) is 0.543. The molecule has 1 aliphatic heterocycles. The van der Waals surface area contributed by atoms with Crippen LogP contribution in [0.15, 0.2) is 24.3 Å². The van der Waals surface area contributed by atoms with Gasteiger partial charge in [-0.05, 0) is 43.0 Å². The van der Waals surface area contributed by atoms with E-state index in [0.29, 0.717) is 32.5 Å². The SMILES string of the molecule is N=CCCCC(Cc1ccc(CC2OCCO2)cc1)C(=O)O. The summed E-state index contributed by atoms with van der Waals surface area (Å²) in [6.45, 7) is 1.30. The number of ether oxygens (including phenoxy) is 2. The van der Waals surface area contributed by atoms with Gasteiger partial charge in [0, 0.05) is 6.42 Å². The Morgan fingerprint density at radius 3 is 2.50 bits per heavy atom. The number of hydrogen-bond donors (Lipinski definition) is 2. The Hall–Kier alpha value is -1.72. The molecule has 0 saturated carbocycles. The number of benzene rings is 1. The summed E-state index contributed by atoms with van der Waals surface area (Å²) in [5, 5.41) is 16.3. The Labute approximate surface area is 130 Å². The largest absolute Gasteiger partial charge is 0.481 e. The molecule has 120 valence electrons. The Bertz CT molecular complexity index is 480. The first-order chi connectivity index (χ1) is 10.7. The summed E-state index contributed by atoms with van der Waals surface area (Å²) in [6, 6.07) is 7.99. The zero-order chi connectivity index (χ0) is 15.8. The van der Waals surface area contributed by atoms with E-state index in [-0.39, 0.29) is 12.2 Å². The number of carbonyl (C=O) groups is 1. The molecule has 0 spiro atoms. The third-order valence-corrected chi connectivity index (χ3v) is 3.85. The zero-order valence-electron chi connectivity index (χ0n) is 12.7. The molecule has 2 N–H and O–H groups in total. The van der Waals surface area contributed by atoms with Gasteiger partial charge in [-0.3, -0.25) is 4.79 Å². The van der Waals surface area contributed by atoms with Crippen LogP contribution < -0.4 is 0 Å². The van der Waals surface area contributed by atoms with Crippen molar-refractivity contribution in [2.45, 2.75) is 38.4 Å². The molecule has 1 aliphatic rings. The maximum Gasteiger partial charge on any atom is 0.306 e. The van der Waals surface area contributed by atoms with Gasteiger partial charge in [0.15, 0.2) is 6.29 Å². The molecule has 0 aromatic heterocycles. The molecule has 1 aromatic rings. The lowest BCUT2D eigenvalue weighted by Gasteiger charge is -2.13. The standard InChI is InChI=1S/C17H23NO4/c18-8-2-1-3-15(17(19)20)11-13-4-6-14(7-5-13)12-16-21-9-10-22-16/h4-8,15-16,18H,1-3,9-12H2,(H,19,20). The summed E-state index contributed by atoms with van der Waals surface area (Å²) in [6.07, 6.45) is 4.43. The van der Waals surface area contributed by atoms with Gasteiger partial charge in [0.25, 0.3) is 0 Å². The van der Waals surface area contributed by atoms with Gasteiger partial charge >= 0.3 is 5.97 Å². The Morgan fingerprint density at radius 1 is 1.27 bits per heavy atom.